The van der Waals surface area contributed by atoms with Crippen LogP contribution in [0.2, 0.25) is 0 Å². The fraction of sp³-hybridized carbons (Fsp3) is 0.368. The van der Waals surface area contributed by atoms with Gasteiger partial charge >= 0.3 is 0 Å². The first-order valence-electron chi connectivity index (χ1n) is 8.37. The summed E-state index contributed by atoms with van der Waals surface area (Å²) >= 11 is 0. The fourth-order valence-corrected chi connectivity index (χ4v) is 3.00. The van der Waals surface area contributed by atoms with Crippen LogP contribution in [0.3, 0.4) is 0 Å². The molecular formula is C19H22N2O4. The Morgan fingerprint density at radius 3 is 2.72 bits per heavy atom. The molecule has 1 fully saturated rings. The quantitative estimate of drug-likeness (QED) is 0.588. The van der Waals surface area contributed by atoms with Crippen LogP contribution < -0.4 is 4.74 Å². The molecule has 6 nitrogen and oxygen atoms in total. The molecule has 6 heteroatoms. The van der Waals surface area contributed by atoms with Gasteiger partial charge < -0.3 is 9.84 Å². The number of rotatable bonds is 8. The van der Waals surface area contributed by atoms with Gasteiger partial charge in [-0.1, -0.05) is 30.3 Å². The van der Waals surface area contributed by atoms with Crippen LogP contribution in [0.15, 0.2) is 48.5 Å². The van der Waals surface area contributed by atoms with Crippen LogP contribution in [0.1, 0.15) is 30.1 Å². The van der Waals surface area contributed by atoms with Gasteiger partial charge in [-0.2, -0.15) is 0 Å². The summed E-state index contributed by atoms with van der Waals surface area (Å²) in [5.41, 5.74) is 1.59. The lowest BCUT2D eigenvalue weighted by Gasteiger charge is -2.25. The molecule has 0 aliphatic heterocycles. The SMILES string of the molecule is COc1cccc(C(O)CN(Cc2ccccc2[N+](=O)[O-])C2CC2)c1. The number of hydrogen-bond acceptors (Lipinski definition) is 5. The van der Waals surface area contributed by atoms with E-state index in [2.05, 4.69) is 4.90 Å². The maximum absolute atomic E-state index is 11.2. The van der Waals surface area contributed by atoms with Gasteiger partial charge in [0.25, 0.3) is 5.69 Å². The van der Waals surface area contributed by atoms with Crippen molar-refractivity contribution in [2.24, 2.45) is 0 Å². The number of nitro groups is 1. The smallest absolute Gasteiger partial charge is 0.273 e. The Morgan fingerprint density at radius 2 is 2.04 bits per heavy atom. The van der Waals surface area contributed by atoms with Crippen LogP contribution in [-0.4, -0.2) is 34.6 Å². The molecule has 1 saturated carbocycles. The summed E-state index contributed by atoms with van der Waals surface area (Å²) in [7, 11) is 1.59. The Labute approximate surface area is 146 Å². The molecule has 0 aromatic heterocycles. The summed E-state index contributed by atoms with van der Waals surface area (Å²) in [4.78, 5) is 13.0. The van der Waals surface area contributed by atoms with E-state index in [1.165, 1.54) is 6.07 Å². The first-order chi connectivity index (χ1) is 12.1. The molecule has 1 aliphatic rings. The van der Waals surface area contributed by atoms with Crippen LogP contribution in [0.25, 0.3) is 0 Å². The molecule has 0 saturated heterocycles. The maximum atomic E-state index is 11.2. The van der Waals surface area contributed by atoms with Gasteiger partial charge in [-0.3, -0.25) is 15.0 Å². The summed E-state index contributed by atoms with van der Waals surface area (Å²) in [5.74, 6) is 0.702. The zero-order chi connectivity index (χ0) is 17.8. The van der Waals surface area contributed by atoms with Crippen molar-refractivity contribution in [2.75, 3.05) is 13.7 Å². The van der Waals surface area contributed by atoms with Gasteiger partial charge in [0.2, 0.25) is 0 Å². The van der Waals surface area contributed by atoms with Crippen molar-refractivity contribution >= 4 is 5.69 Å². The number of ether oxygens (including phenoxy) is 1. The second-order valence-electron chi connectivity index (χ2n) is 6.34. The summed E-state index contributed by atoms with van der Waals surface area (Å²) in [6.45, 7) is 0.896. The lowest BCUT2D eigenvalue weighted by Crippen LogP contribution is -2.30. The highest BCUT2D eigenvalue weighted by atomic mass is 16.6. The van der Waals surface area contributed by atoms with Gasteiger partial charge in [0.15, 0.2) is 0 Å². The monoisotopic (exact) mass is 342 g/mol. The number of nitrogens with zero attached hydrogens (tertiary/aromatic N) is 2. The molecule has 1 aliphatic carbocycles. The van der Waals surface area contributed by atoms with E-state index in [-0.39, 0.29) is 10.6 Å². The van der Waals surface area contributed by atoms with Crippen molar-refractivity contribution < 1.29 is 14.8 Å². The molecule has 3 rings (SSSR count). The second-order valence-corrected chi connectivity index (χ2v) is 6.34. The van der Waals surface area contributed by atoms with Gasteiger partial charge in [-0.25, -0.2) is 0 Å². The third-order valence-corrected chi connectivity index (χ3v) is 4.51. The summed E-state index contributed by atoms with van der Waals surface area (Å²) in [6.07, 6.45) is 1.45. The van der Waals surface area contributed by atoms with Crippen molar-refractivity contribution in [1.29, 1.82) is 0 Å². The highest BCUT2D eigenvalue weighted by Gasteiger charge is 2.31. The predicted octanol–water partition coefficient (Wildman–Crippen LogP) is 3.30. The Balaban J connectivity index is 1.75. The Kier molecular flexibility index (Phi) is 5.31. The molecule has 25 heavy (non-hydrogen) atoms. The maximum Gasteiger partial charge on any atom is 0.273 e. The third-order valence-electron chi connectivity index (χ3n) is 4.51. The lowest BCUT2D eigenvalue weighted by molar-refractivity contribution is -0.385. The summed E-state index contributed by atoms with van der Waals surface area (Å²) in [5, 5.41) is 21.8. The number of hydrogen-bond donors (Lipinski definition) is 1. The Hall–Kier alpha value is -2.44. The number of nitro benzene ring substituents is 1. The van der Waals surface area contributed by atoms with E-state index in [4.69, 9.17) is 4.74 Å². The van der Waals surface area contributed by atoms with Crippen LogP contribution in [0.4, 0.5) is 5.69 Å². The third kappa shape index (κ3) is 4.35. The highest BCUT2D eigenvalue weighted by molar-refractivity contribution is 5.39. The lowest BCUT2D eigenvalue weighted by atomic mass is 10.1. The minimum absolute atomic E-state index is 0.129. The number of aliphatic hydroxyl groups is 1. The van der Waals surface area contributed by atoms with Gasteiger partial charge in [0, 0.05) is 30.8 Å². The average Bonchev–Trinajstić information content (AvgIpc) is 3.46. The average molecular weight is 342 g/mol. The minimum Gasteiger partial charge on any atom is -0.497 e. The van der Waals surface area contributed by atoms with Gasteiger partial charge in [0.05, 0.1) is 18.1 Å². The second kappa shape index (κ2) is 7.63. The molecule has 0 heterocycles. The van der Waals surface area contributed by atoms with E-state index in [1.54, 1.807) is 19.2 Å². The summed E-state index contributed by atoms with van der Waals surface area (Å²) in [6, 6.07) is 14.5. The highest BCUT2D eigenvalue weighted by Crippen LogP contribution is 2.32. The predicted molar refractivity (Wildman–Crippen MR) is 94.5 cm³/mol. The van der Waals surface area contributed by atoms with Crippen molar-refractivity contribution in [3.63, 3.8) is 0 Å². The first-order valence-corrected chi connectivity index (χ1v) is 8.37. The minimum atomic E-state index is -0.668. The molecule has 0 bridgehead atoms. The molecule has 0 radical (unpaired) electrons. The van der Waals surface area contributed by atoms with Gasteiger partial charge in [0.1, 0.15) is 5.75 Å². The number of aliphatic hydroxyl groups excluding tert-OH is 1. The molecule has 0 spiro atoms. The Bertz CT molecular complexity index is 746. The van der Waals surface area contributed by atoms with Gasteiger partial charge in [-0.05, 0) is 30.5 Å². The zero-order valence-corrected chi connectivity index (χ0v) is 14.2. The molecular weight excluding hydrogens is 320 g/mol. The molecule has 0 amide bonds. The molecule has 1 atom stereocenters. The number of benzene rings is 2. The van der Waals surface area contributed by atoms with Gasteiger partial charge in [-0.15, -0.1) is 0 Å². The van der Waals surface area contributed by atoms with E-state index in [1.807, 2.05) is 30.3 Å². The van der Waals surface area contributed by atoms with Crippen molar-refractivity contribution in [3.8, 4) is 5.75 Å². The van der Waals surface area contributed by atoms with Crippen molar-refractivity contribution in [2.45, 2.75) is 31.5 Å². The summed E-state index contributed by atoms with van der Waals surface area (Å²) < 4.78 is 5.21. The largest absolute Gasteiger partial charge is 0.497 e. The molecule has 132 valence electrons. The topological polar surface area (TPSA) is 75.8 Å². The van der Waals surface area contributed by atoms with E-state index in [9.17, 15) is 15.2 Å². The number of methoxy groups -OCH3 is 1. The standard InChI is InChI=1S/C19H22N2O4/c1-25-17-7-4-6-14(11-17)19(22)13-20(16-9-10-16)12-15-5-2-3-8-18(15)21(23)24/h2-8,11,16,19,22H,9-10,12-13H2,1H3. The molecule has 2 aromatic carbocycles. The van der Waals surface area contributed by atoms with E-state index >= 15 is 0 Å². The molecule has 1 unspecified atom stereocenters. The van der Waals surface area contributed by atoms with E-state index < -0.39 is 6.10 Å². The van der Waals surface area contributed by atoms with Crippen LogP contribution in [0.5, 0.6) is 5.75 Å². The van der Waals surface area contributed by atoms with Crippen molar-refractivity contribution in [1.82, 2.24) is 4.90 Å². The van der Waals surface area contributed by atoms with Crippen LogP contribution >= 0.6 is 0 Å². The Morgan fingerprint density at radius 1 is 1.28 bits per heavy atom. The van der Waals surface area contributed by atoms with Crippen molar-refractivity contribution in [3.05, 3.63) is 69.8 Å². The van der Waals surface area contributed by atoms with Crippen LogP contribution in [-0.2, 0) is 6.54 Å². The first kappa shape index (κ1) is 17.4. The fourth-order valence-electron chi connectivity index (χ4n) is 3.00. The number of para-hydroxylation sites is 1. The van der Waals surface area contributed by atoms with E-state index in [0.29, 0.717) is 30.4 Å². The van der Waals surface area contributed by atoms with E-state index in [0.717, 1.165) is 18.4 Å². The zero-order valence-electron chi connectivity index (χ0n) is 14.2. The molecule has 2 aromatic rings. The molecule has 1 N–H and O–H groups in total. The van der Waals surface area contributed by atoms with Crippen LogP contribution in [0, 0.1) is 10.1 Å². The normalized spacial score (nSPS) is 15.2.